The molecule has 2 aliphatic rings. The number of piperidine rings is 1. The Morgan fingerprint density at radius 1 is 1.43 bits per heavy atom. The average Bonchev–Trinajstić information content (AvgIpc) is 3.01. The third-order valence-electron chi connectivity index (χ3n) is 5.26. The van der Waals surface area contributed by atoms with Crippen molar-refractivity contribution < 1.29 is 18.7 Å². The van der Waals surface area contributed by atoms with E-state index in [1.165, 1.54) is 4.90 Å². The number of aromatic nitrogens is 2. The molecule has 0 spiro atoms. The molecule has 1 saturated carbocycles. The number of hydrogen-bond acceptors (Lipinski definition) is 3. The van der Waals surface area contributed by atoms with E-state index in [1.54, 1.807) is 0 Å². The zero-order valence-electron chi connectivity index (χ0n) is 13.3. The first kappa shape index (κ1) is 16.4. The van der Waals surface area contributed by atoms with Crippen LogP contribution < -0.4 is 0 Å². The summed E-state index contributed by atoms with van der Waals surface area (Å²) in [4.78, 5) is 13.4. The van der Waals surface area contributed by atoms with Gasteiger partial charge in [0.15, 0.2) is 0 Å². The van der Waals surface area contributed by atoms with E-state index in [-0.39, 0.29) is 18.8 Å². The number of aliphatic hydroxyl groups is 1. The van der Waals surface area contributed by atoms with E-state index in [2.05, 4.69) is 5.10 Å². The summed E-state index contributed by atoms with van der Waals surface area (Å²) >= 11 is 0. The van der Waals surface area contributed by atoms with Crippen LogP contribution in [0.2, 0.25) is 0 Å². The summed E-state index contributed by atoms with van der Waals surface area (Å²) in [6.07, 6.45) is 5.64. The molecule has 0 radical (unpaired) electrons. The summed E-state index contributed by atoms with van der Waals surface area (Å²) in [5, 5.41) is 14.1. The Hall–Kier alpha value is -1.50. The van der Waals surface area contributed by atoms with E-state index < -0.39 is 17.4 Å². The van der Waals surface area contributed by atoms with Crippen molar-refractivity contribution in [3.05, 3.63) is 18.0 Å². The summed E-state index contributed by atoms with van der Waals surface area (Å²) in [5.74, 6) is -4.65. The molecule has 128 valence electrons. The van der Waals surface area contributed by atoms with E-state index in [0.29, 0.717) is 32.4 Å². The van der Waals surface area contributed by atoms with Crippen LogP contribution in [0.15, 0.2) is 12.4 Å². The van der Waals surface area contributed by atoms with Crippen LogP contribution in [0.1, 0.15) is 50.5 Å². The number of rotatable bonds is 4. The largest absolute Gasteiger partial charge is 0.383 e. The molecule has 0 atom stereocenters. The van der Waals surface area contributed by atoms with Crippen molar-refractivity contribution in [3.8, 4) is 0 Å². The standard InChI is InChI=1S/C16H23F2N3O2/c1-2-21-11-13(10-19-21)12-4-8-20(9-5-12)14(22)16(17,18)15(23)6-3-7-15/h10-12,23H,2-9H2,1H3. The molecule has 1 saturated heterocycles. The smallest absolute Gasteiger partial charge is 0.352 e. The number of carbonyl (C=O) groups excluding carboxylic acids is 1. The van der Waals surface area contributed by atoms with Gasteiger partial charge in [0.25, 0.3) is 5.91 Å². The van der Waals surface area contributed by atoms with Crippen LogP contribution in [0.4, 0.5) is 8.78 Å². The van der Waals surface area contributed by atoms with E-state index in [9.17, 15) is 18.7 Å². The molecule has 1 aliphatic heterocycles. The minimum Gasteiger partial charge on any atom is -0.383 e. The Balaban J connectivity index is 1.61. The van der Waals surface area contributed by atoms with Gasteiger partial charge < -0.3 is 10.0 Å². The maximum Gasteiger partial charge on any atom is 0.352 e. The molecule has 1 aromatic rings. The summed E-state index contributed by atoms with van der Waals surface area (Å²) in [5.41, 5.74) is -1.04. The Morgan fingerprint density at radius 2 is 2.09 bits per heavy atom. The van der Waals surface area contributed by atoms with Crippen molar-refractivity contribution >= 4 is 5.91 Å². The number of nitrogens with zero attached hydrogens (tertiary/aromatic N) is 3. The number of likely N-dealkylation sites (tertiary alicyclic amines) is 1. The molecule has 3 rings (SSSR count). The number of halogens is 2. The zero-order chi connectivity index (χ0) is 16.7. The summed E-state index contributed by atoms with van der Waals surface area (Å²) in [6.45, 7) is 3.40. The number of amides is 1. The topological polar surface area (TPSA) is 58.4 Å². The van der Waals surface area contributed by atoms with Crippen LogP contribution in [0.3, 0.4) is 0 Å². The second kappa shape index (κ2) is 5.85. The number of aryl methyl sites for hydroxylation is 1. The van der Waals surface area contributed by atoms with Gasteiger partial charge in [-0.2, -0.15) is 13.9 Å². The molecule has 0 aromatic carbocycles. The highest BCUT2D eigenvalue weighted by Gasteiger charge is 2.62. The molecule has 2 fully saturated rings. The quantitative estimate of drug-likeness (QED) is 0.922. The lowest BCUT2D eigenvalue weighted by molar-refractivity contribution is -0.224. The van der Waals surface area contributed by atoms with Gasteiger partial charge in [0.1, 0.15) is 5.60 Å². The van der Waals surface area contributed by atoms with Crippen molar-refractivity contribution in [1.29, 1.82) is 0 Å². The van der Waals surface area contributed by atoms with Gasteiger partial charge >= 0.3 is 5.92 Å². The lowest BCUT2D eigenvalue weighted by Gasteiger charge is -2.44. The summed E-state index contributed by atoms with van der Waals surface area (Å²) in [6, 6.07) is 0. The molecule has 1 aromatic heterocycles. The van der Waals surface area contributed by atoms with Crippen LogP contribution in [-0.2, 0) is 11.3 Å². The third kappa shape index (κ3) is 2.75. The third-order valence-corrected chi connectivity index (χ3v) is 5.26. The van der Waals surface area contributed by atoms with Crippen LogP contribution in [-0.4, -0.2) is 50.3 Å². The molecule has 1 aliphatic carbocycles. The van der Waals surface area contributed by atoms with Crippen LogP contribution >= 0.6 is 0 Å². The molecule has 1 amide bonds. The maximum atomic E-state index is 14.2. The first-order chi connectivity index (χ1) is 10.9. The lowest BCUT2D eigenvalue weighted by Crippen LogP contribution is -2.62. The Labute approximate surface area is 134 Å². The number of carbonyl (C=O) groups is 1. The number of alkyl halides is 2. The van der Waals surface area contributed by atoms with Gasteiger partial charge in [-0.25, -0.2) is 0 Å². The van der Waals surface area contributed by atoms with Crippen molar-refractivity contribution in [2.24, 2.45) is 0 Å². The number of hydrogen-bond donors (Lipinski definition) is 1. The van der Waals surface area contributed by atoms with Gasteiger partial charge in [0.05, 0.1) is 6.20 Å². The molecular formula is C16H23F2N3O2. The maximum absolute atomic E-state index is 14.2. The molecule has 2 heterocycles. The van der Waals surface area contributed by atoms with E-state index in [0.717, 1.165) is 12.1 Å². The van der Waals surface area contributed by atoms with Gasteiger partial charge in [0.2, 0.25) is 0 Å². The fraction of sp³-hybridized carbons (Fsp3) is 0.750. The van der Waals surface area contributed by atoms with Crippen molar-refractivity contribution in [2.45, 2.75) is 63.0 Å². The van der Waals surface area contributed by atoms with Gasteiger partial charge in [-0.3, -0.25) is 9.48 Å². The Bertz CT molecular complexity index is 576. The van der Waals surface area contributed by atoms with Gasteiger partial charge in [-0.1, -0.05) is 0 Å². The highest BCUT2D eigenvalue weighted by Crippen LogP contribution is 2.45. The van der Waals surface area contributed by atoms with Crippen LogP contribution in [0, 0.1) is 0 Å². The molecule has 0 bridgehead atoms. The zero-order valence-corrected chi connectivity index (χ0v) is 13.3. The summed E-state index contributed by atoms with van der Waals surface area (Å²) < 4.78 is 30.3. The highest BCUT2D eigenvalue weighted by molar-refractivity contribution is 5.85. The van der Waals surface area contributed by atoms with Crippen molar-refractivity contribution in [1.82, 2.24) is 14.7 Å². The fourth-order valence-corrected chi connectivity index (χ4v) is 3.40. The van der Waals surface area contributed by atoms with Crippen molar-refractivity contribution in [2.75, 3.05) is 13.1 Å². The molecule has 5 nitrogen and oxygen atoms in total. The molecule has 1 N–H and O–H groups in total. The summed E-state index contributed by atoms with van der Waals surface area (Å²) in [7, 11) is 0. The van der Waals surface area contributed by atoms with Gasteiger partial charge in [0, 0.05) is 25.8 Å². The van der Waals surface area contributed by atoms with E-state index >= 15 is 0 Å². The minimum absolute atomic E-state index is 0.00158. The first-order valence-corrected chi connectivity index (χ1v) is 8.29. The monoisotopic (exact) mass is 327 g/mol. The highest BCUT2D eigenvalue weighted by atomic mass is 19.3. The SMILES string of the molecule is CCn1cc(C2CCN(C(=O)C(F)(F)C3(O)CCC3)CC2)cn1. The average molecular weight is 327 g/mol. The molecule has 7 heteroatoms. The van der Waals surface area contributed by atoms with E-state index in [1.807, 2.05) is 24.0 Å². The van der Waals surface area contributed by atoms with E-state index in [4.69, 9.17) is 0 Å². The molecule has 0 unspecified atom stereocenters. The minimum atomic E-state index is -3.68. The fourth-order valence-electron chi connectivity index (χ4n) is 3.40. The van der Waals surface area contributed by atoms with Crippen molar-refractivity contribution in [3.63, 3.8) is 0 Å². The predicted molar refractivity (Wildman–Crippen MR) is 80.2 cm³/mol. The predicted octanol–water partition coefficient (Wildman–Crippen LogP) is 2.16. The second-order valence-corrected chi connectivity index (χ2v) is 6.66. The lowest BCUT2D eigenvalue weighted by atomic mass is 9.74. The Morgan fingerprint density at radius 3 is 2.57 bits per heavy atom. The van der Waals surface area contributed by atoms with Gasteiger partial charge in [-0.05, 0) is 50.5 Å². The Kier molecular flexibility index (Phi) is 4.16. The first-order valence-electron chi connectivity index (χ1n) is 8.29. The van der Waals surface area contributed by atoms with Crippen LogP contribution in [0.25, 0.3) is 0 Å². The second-order valence-electron chi connectivity index (χ2n) is 6.66. The van der Waals surface area contributed by atoms with Crippen LogP contribution in [0.5, 0.6) is 0 Å². The molecule has 23 heavy (non-hydrogen) atoms. The van der Waals surface area contributed by atoms with Gasteiger partial charge in [-0.15, -0.1) is 0 Å². The normalized spacial score (nSPS) is 22.0. The molecular weight excluding hydrogens is 304 g/mol.